The quantitative estimate of drug-likeness (QED) is 0.885. The van der Waals surface area contributed by atoms with Crippen molar-refractivity contribution in [3.8, 4) is 0 Å². The molecule has 1 aromatic heterocycles. The third kappa shape index (κ3) is 2.77. The van der Waals surface area contributed by atoms with Crippen molar-refractivity contribution in [3.63, 3.8) is 0 Å². The fraction of sp³-hybridized carbons (Fsp3) is 0.429. The molecule has 3 rings (SSSR count). The van der Waals surface area contributed by atoms with Gasteiger partial charge in [0.05, 0.1) is 10.2 Å². The molecule has 0 radical (unpaired) electrons. The zero-order valence-electron chi connectivity index (χ0n) is 10.6. The minimum atomic E-state index is 0.0377. The van der Waals surface area contributed by atoms with Gasteiger partial charge in [-0.3, -0.25) is 4.79 Å². The number of hydrogen-bond donors (Lipinski definition) is 2. The van der Waals surface area contributed by atoms with Crippen LogP contribution in [0.4, 0.5) is 5.13 Å². The first kappa shape index (κ1) is 12.6. The Hall–Kier alpha value is -1.46. The Bertz CT molecular complexity index is 562. The van der Waals surface area contributed by atoms with Crippen LogP contribution in [0.2, 0.25) is 0 Å². The minimum absolute atomic E-state index is 0.0377. The van der Waals surface area contributed by atoms with Gasteiger partial charge >= 0.3 is 0 Å². The van der Waals surface area contributed by atoms with E-state index in [2.05, 4.69) is 10.3 Å². The fourth-order valence-electron chi connectivity index (χ4n) is 2.60. The van der Waals surface area contributed by atoms with Gasteiger partial charge in [-0.25, -0.2) is 4.98 Å². The van der Waals surface area contributed by atoms with Crippen LogP contribution in [0.1, 0.15) is 25.7 Å². The van der Waals surface area contributed by atoms with Gasteiger partial charge < -0.3 is 11.1 Å². The molecule has 19 heavy (non-hydrogen) atoms. The second kappa shape index (κ2) is 5.27. The Labute approximate surface area is 116 Å². The molecule has 0 saturated heterocycles. The molecule has 1 fully saturated rings. The number of anilines is 1. The molecule has 0 aliphatic heterocycles. The number of rotatable bonds is 2. The summed E-state index contributed by atoms with van der Waals surface area (Å²) < 4.78 is 1.10. The molecule has 1 aliphatic rings. The van der Waals surface area contributed by atoms with E-state index >= 15 is 0 Å². The van der Waals surface area contributed by atoms with E-state index in [1.165, 1.54) is 11.3 Å². The topological polar surface area (TPSA) is 68.0 Å². The summed E-state index contributed by atoms with van der Waals surface area (Å²) >= 11 is 1.52. The van der Waals surface area contributed by atoms with Gasteiger partial charge in [0.2, 0.25) is 5.91 Å². The van der Waals surface area contributed by atoms with Crippen LogP contribution < -0.4 is 11.1 Å². The number of nitrogens with one attached hydrogen (secondary N) is 1. The number of nitrogens with two attached hydrogens (primary N) is 1. The summed E-state index contributed by atoms with van der Waals surface area (Å²) in [5, 5.41) is 3.62. The van der Waals surface area contributed by atoms with Crippen molar-refractivity contribution in [2.75, 3.05) is 5.32 Å². The minimum Gasteiger partial charge on any atom is -0.328 e. The molecule has 0 bridgehead atoms. The predicted molar refractivity (Wildman–Crippen MR) is 78.2 cm³/mol. The van der Waals surface area contributed by atoms with Crippen molar-refractivity contribution in [2.45, 2.75) is 31.7 Å². The maximum Gasteiger partial charge on any atom is 0.229 e. The number of thiazole rings is 1. The molecule has 2 aromatic rings. The number of carbonyl (C=O) groups is 1. The molecule has 2 atom stereocenters. The summed E-state index contributed by atoms with van der Waals surface area (Å²) in [5.74, 6) is 0.102. The molecule has 1 aromatic carbocycles. The van der Waals surface area contributed by atoms with Crippen LogP contribution in [0.3, 0.4) is 0 Å². The van der Waals surface area contributed by atoms with Crippen molar-refractivity contribution in [2.24, 2.45) is 11.7 Å². The second-order valence-corrected chi connectivity index (χ2v) is 6.13. The number of benzene rings is 1. The highest BCUT2D eigenvalue weighted by Crippen LogP contribution is 2.28. The molecule has 1 amide bonds. The maximum atomic E-state index is 12.2. The van der Waals surface area contributed by atoms with Crippen molar-refractivity contribution < 1.29 is 4.79 Å². The van der Waals surface area contributed by atoms with Gasteiger partial charge in [0.15, 0.2) is 5.13 Å². The summed E-state index contributed by atoms with van der Waals surface area (Å²) in [6, 6.07) is 8.07. The lowest BCUT2D eigenvalue weighted by atomic mass is 9.86. The molecular weight excluding hydrogens is 258 g/mol. The monoisotopic (exact) mass is 275 g/mol. The number of amides is 1. The van der Waals surface area contributed by atoms with Gasteiger partial charge in [0, 0.05) is 12.0 Å². The van der Waals surface area contributed by atoms with E-state index in [0.717, 1.165) is 35.9 Å². The van der Waals surface area contributed by atoms with Crippen molar-refractivity contribution in [3.05, 3.63) is 24.3 Å². The largest absolute Gasteiger partial charge is 0.328 e. The summed E-state index contributed by atoms with van der Waals surface area (Å²) in [4.78, 5) is 16.6. The number of aromatic nitrogens is 1. The van der Waals surface area contributed by atoms with Crippen LogP contribution in [-0.4, -0.2) is 16.9 Å². The fourth-order valence-corrected chi connectivity index (χ4v) is 3.47. The number of fused-ring (bicyclic) bond motifs is 1. The second-order valence-electron chi connectivity index (χ2n) is 5.10. The third-order valence-electron chi connectivity index (χ3n) is 3.61. The molecule has 1 heterocycles. The lowest BCUT2D eigenvalue weighted by Gasteiger charge is -2.25. The first-order chi connectivity index (χ1) is 9.22. The maximum absolute atomic E-state index is 12.2. The van der Waals surface area contributed by atoms with E-state index in [0.29, 0.717) is 5.13 Å². The van der Waals surface area contributed by atoms with Gasteiger partial charge in [0.1, 0.15) is 0 Å². The van der Waals surface area contributed by atoms with E-state index in [1.54, 1.807) is 0 Å². The van der Waals surface area contributed by atoms with E-state index in [1.807, 2.05) is 24.3 Å². The van der Waals surface area contributed by atoms with Crippen LogP contribution in [0.25, 0.3) is 10.2 Å². The number of carbonyl (C=O) groups excluding carboxylic acids is 1. The Morgan fingerprint density at radius 2 is 2.21 bits per heavy atom. The summed E-state index contributed by atoms with van der Waals surface area (Å²) in [6.07, 6.45) is 3.80. The SMILES string of the molecule is NC1CCCC(C(=O)Nc2nc3ccccc3s2)C1. The average Bonchev–Trinajstić information content (AvgIpc) is 2.80. The smallest absolute Gasteiger partial charge is 0.229 e. The molecular formula is C14H17N3OS. The van der Waals surface area contributed by atoms with Gasteiger partial charge in [-0.15, -0.1) is 0 Å². The normalized spacial score (nSPS) is 23.4. The van der Waals surface area contributed by atoms with E-state index in [-0.39, 0.29) is 17.9 Å². The van der Waals surface area contributed by atoms with Gasteiger partial charge in [-0.1, -0.05) is 29.9 Å². The van der Waals surface area contributed by atoms with Crippen LogP contribution in [0.15, 0.2) is 24.3 Å². The van der Waals surface area contributed by atoms with Crippen LogP contribution in [-0.2, 0) is 4.79 Å². The average molecular weight is 275 g/mol. The molecule has 3 N–H and O–H groups in total. The third-order valence-corrected chi connectivity index (χ3v) is 4.56. The standard InChI is InChI=1S/C14H17N3OS/c15-10-5-3-4-9(8-10)13(18)17-14-16-11-6-1-2-7-12(11)19-14/h1-2,6-7,9-10H,3-5,8,15H2,(H,16,17,18). The van der Waals surface area contributed by atoms with Crippen LogP contribution >= 0.6 is 11.3 Å². The van der Waals surface area contributed by atoms with Gasteiger partial charge in [-0.2, -0.15) is 0 Å². The van der Waals surface area contributed by atoms with Crippen LogP contribution in [0.5, 0.6) is 0 Å². The molecule has 2 unspecified atom stereocenters. The van der Waals surface area contributed by atoms with Crippen molar-refractivity contribution in [1.29, 1.82) is 0 Å². The molecule has 4 nitrogen and oxygen atoms in total. The summed E-state index contributed by atoms with van der Waals surface area (Å²) in [5.41, 5.74) is 6.86. The Balaban J connectivity index is 1.71. The van der Waals surface area contributed by atoms with E-state index in [9.17, 15) is 4.79 Å². The summed E-state index contributed by atoms with van der Waals surface area (Å²) in [6.45, 7) is 0. The molecule has 1 saturated carbocycles. The van der Waals surface area contributed by atoms with Gasteiger partial charge in [0.25, 0.3) is 0 Å². The van der Waals surface area contributed by atoms with Crippen LogP contribution in [0, 0.1) is 5.92 Å². The number of hydrogen-bond acceptors (Lipinski definition) is 4. The first-order valence-corrected chi connectivity index (χ1v) is 7.46. The zero-order valence-corrected chi connectivity index (χ0v) is 11.5. The molecule has 100 valence electrons. The highest BCUT2D eigenvalue weighted by atomic mass is 32.1. The van der Waals surface area contributed by atoms with E-state index in [4.69, 9.17) is 5.73 Å². The lowest BCUT2D eigenvalue weighted by molar-refractivity contribution is -0.120. The lowest BCUT2D eigenvalue weighted by Crippen LogP contribution is -2.34. The number of nitrogens with zero attached hydrogens (tertiary/aromatic N) is 1. The highest BCUT2D eigenvalue weighted by Gasteiger charge is 2.25. The van der Waals surface area contributed by atoms with Crippen molar-refractivity contribution in [1.82, 2.24) is 4.98 Å². The zero-order chi connectivity index (χ0) is 13.2. The Morgan fingerprint density at radius 3 is 3.00 bits per heavy atom. The number of para-hydroxylation sites is 1. The molecule has 0 spiro atoms. The summed E-state index contributed by atoms with van der Waals surface area (Å²) in [7, 11) is 0. The molecule has 1 aliphatic carbocycles. The van der Waals surface area contributed by atoms with Gasteiger partial charge in [-0.05, 0) is 31.4 Å². The molecule has 5 heteroatoms. The van der Waals surface area contributed by atoms with Crippen molar-refractivity contribution >= 4 is 32.6 Å². The van der Waals surface area contributed by atoms with E-state index < -0.39 is 0 Å². The Morgan fingerprint density at radius 1 is 1.37 bits per heavy atom. The Kier molecular flexibility index (Phi) is 3.48. The highest BCUT2D eigenvalue weighted by molar-refractivity contribution is 7.22. The first-order valence-electron chi connectivity index (χ1n) is 6.64. The predicted octanol–water partition coefficient (Wildman–Crippen LogP) is 2.75.